The van der Waals surface area contributed by atoms with E-state index >= 15 is 0 Å². The number of carbonyl (C=O) groups excluding carboxylic acids is 1. The van der Waals surface area contributed by atoms with Crippen molar-refractivity contribution in [2.75, 3.05) is 10.6 Å². The first-order valence-electron chi connectivity index (χ1n) is 7.11. The number of para-hydroxylation sites is 1. The maximum absolute atomic E-state index is 12.3. The second-order valence-corrected chi connectivity index (χ2v) is 5.35. The number of hydrogen-bond acceptors (Lipinski definition) is 3. The minimum absolute atomic E-state index is 0.146. The number of carboxylic acid groups (broad SMARTS) is 1. The van der Waals surface area contributed by atoms with Gasteiger partial charge in [0.05, 0.1) is 22.5 Å². The topological polar surface area (TPSA) is 78.4 Å². The summed E-state index contributed by atoms with van der Waals surface area (Å²) < 4.78 is 0. The monoisotopic (exact) mass is 304 g/mol. The van der Waals surface area contributed by atoms with Crippen LogP contribution >= 0.6 is 0 Å². The van der Waals surface area contributed by atoms with Gasteiger partial charge in [-0.15, -0.1) is 0 Å². The predicted molar refractivity (Wildman–Crippen MR) is 88.0 cm³/mol. The Balaban J connectivity index is 1.83. The summed E-state index contributed by atoms with van der Waals surface area (Å²) in [5.74, 6) is -1.26. The Bertz CT molecular complexity index is 926. The van der Waals surface area contributed by atoms with Crippen LogP contribution in [0.3, 0.4) is 0 Å². The molecule has 0 fully saturated rings. The molecule has 2 aromatic carbocycles. The maximum Gasteiger partial charge on any atom is 0.335 e. The van der Waals surface area contributed by atoms with Crippen molar-refractivity contribution in [2.24, 2.45) is 0 Å². The summed E-state index contributed by atoms with van der Waals surface area (Å²) in [4.78, 5) is 23.4. The highest BCUT2D eigenvalue weighted by molar-refractivity contribution is 6.33. The van der Waals surface area contributed by atoms with Crippen LogP contribution in [-0.4, -0.2) is 17.0 Å². The Labute approximate surface area is 132 Å². The van der Waals surface area contributed by atoms with Crippen LogP contribution in [0.4, 0.5) is 11.4 Å². The molecule has 0 saturated heterocycles. The van der Waals surface area contributed by atoms with Crippen molar-refractivity contribution in [2.45, 2.75) is 0 Å². The van der Waals surface area contributed by atoms with Crippen LogP contribution in [0, 0.1) is 0 Å². The van der Waals surface area contributed by atoms with E-state index in [0.29, 0.717) is 22.5 Å². The molecule has 0 radical (unpaired) electrons. The number of benzene rings is 2. The Morgan fingerprint density at radius 2 is 1.78 bits per heavy atom. The molecule has 0 saturated carbocycles. The van der Waals surface area contributed by atoms with E-state index in [0.717, 1.165) is 11.3 Å². The molecule has 2 aliphatic rings. The summed E-state index contributed by atoms with van der Waals surface area (Å²) >= 11 is 0. The van der Waals surface area contributed by atoms with E-state index in [2.05, 4.69) is 10.6 Å². The average Bonchev–Trinajstić information content (AvgIpc) is 2.89. The van der Waals surface area contributed by atoms with Gasteiger partial charge in [0.25, 0.3) is 5.91 Å². The molecular formula is C18H12N2O3. The first kappa shape index (κ1) is 13.3. The lowest BCUT2D eigenvalue weighted by Crippen LogP contribution is -2.11. The summed E-state index contributed by atoms with van der Waals surface area (Å²) in [6.45, 7) is 0. The number of nitrogens with one attached hydrogen (secondary N) is 2. The van der Waals surface area contributed by atoms with Crippen LogP contribution in [-0.2, 0) is 4.79 Å². The molecule has 0 aliphatic carbocycles. The number of amides is 1. The Hall–Kier alpha value is -3.34. The van der Waals surface area contributed by atoms with Crippen molar-refractivity contribution in [1.29, 1.82) is 0 Å². The highest BCUT2D eigenvalue weighted by Crippen LogP contribution is 2.37. The van der Waals surface area contributed by atoms with Crippen LogP contribution in [0.1, 0.15) is 21.5 Å². The van der Waals surface area contributed by atoms with Crippen LogP contribution in [0.5, 0.6) is 0 Å². The van der Waals surface area contributed by atoms with Gasteiger partial charge in [-0.2, -0.15) is 0 Å². The third-order valence-corrected chi connectivity index (χ3v) is 3.94. The van der Waals surface area contributed by atoms with Gasteiger partial charge in [-0.05, 0) is 29.8 Å². The second kappa shape index (κ2) is 4.84. The minimum atomic E-state index is -1.02. The first-order chi connectivity index (χ1) is 11.1. The fourth-order valence-electron chi connectivity index (χ4n) is 2.84. The van der Waals surface area contributed by atoms with E-state index in [9.17, 15) is 9.59 Å². The molecule has 0 atom stereocenters. The van der Waals surface area contributed by atoms with Gasteiger partial charge in [0.2, 0.25) is 0 Å². The SMILES string of the molecule is O=C1Nc2cc(C(=O)O)ccc2C1=C1C=Cc2ccccc2N1. The van der Waals surface area contributed by atoms with Crippen molar-refractivity contribution in [3.8, 4) is 0 Å². The van der Waals surface area contributed by atoms with E-state index in [-0.39, 0.29) is 11.5 Å². The predicted octanol–water partition coefficient (Wildman–Crippen LogP) is 3.19. The lowest BCUT2D eigenvalue weighted by Gasteiger charge is -2.17. The van der Waals surface area contributed by atoms with Gasteiger partial charge < -0.3 is 15.7 Å². The van der Waals surface area contributed by atoms with Gasteiger partial charge in [0, 0.05) is 11.3 Å². The van der Waals surface area contributed by atoms with Gasteiger partial charge in [0.1, 0.15) is 0 Å². The quantitative estimate of drug-likeness (QED) is 0.707. The van der Waals surface area contributed by atoms with Gasteiger partial charge in [0.15, 0.2) is 0 Å². The Morgan fingerprint density at radius 1 is 0.957 bits per heavy atom. The zero-order valence-electron chi connectivity index (χ0n) is 12.0. The van der Waals surface area contributed by atoms with E-state index in [4.69, 9.17) is 5.11 Å². The van der Waals surface area contributed by atoms with Crippen molar-refractivity contribution in [3.05, 3.63) is 70.9 Å². The molecule has 3 N–H and O–H groups in total. The minimum Gasteiger partial charge on any atom is -0.478 e. The molecule has 0 spiro atoms. The van der Waals surface area contributed by atoms with Crippen LogP contribution in [0.25, 0.3) is 11.6 Å². The molecule has 1 amide bonds. The average molecular weight is 304 g/mol. The Kier molecular flexibility index (Phi) is 2.81. The van der Waals surface area contributed by atoms with Crippen molar-refractivity contribution >= 4 is 34.9 Å². The highest BCUT2D eigenvalue weighted by Gasteiger charge is 2.28. The summed E-state index contributed by atoms with van der Waals surface area (Å²) in [5.41, 5.74) is 4.56. The molecule has 2 aliphatic heterocycles. The van der Waals surface area contributed by atoms with Crippen LogP contribution in [0.15, 0.2) is 54.2 Å². The standard InChI is InChI=1S/C18H12N2O3/c21-17-16(12-7-5-11(18(22)23)9-15(12)20-17)14-8-6-10-3-1-2-4-13(10)19-14/h1-9,19H,(H,20,21)(H,22,23). The molecule has 23 heavy (non-hydrogen) atoms. The number of rotatable bonds is 1. The number of allylic oxidation sites excluding steroid dienone is 1. The van der Waals surface area contributed by atoms with Gasteiger partial charge in [-0.25, -0.2) is 4.79 Å². The molecule has 2 heterocycles. The first-order valence-corrected chi connectivity index (χ1v) is 7.11. The number of anilines is 2. The maximum atomic E-state index is 12.3. The van der Waals surface area contributed by atoms with Crippen molar-refractivity contribution in [3.63, 3.8) is 0 Å². The lowest BCUT2D eigenvalue weighted by molar-refractivity contribution is -0.110. The van der Waals surface area contributed by atoms with E-state index in [1.54, 1.807) is 6.07 Å². The fourth-order valence-corrected chi connectivity index (χ4v) is 2.84. The zero-order chi connectivity index (χ0) is 16.0. The molecule has 0 aromatic heterocycles. The molecule has 5 heteroatoms. The third-order valence-electron chi connectivity index (χ3n) is 3.94. The van der Waals surface area contributed by atoms with Gasteiger partial charge >= 0.3 is 5.97 Å². The van der Waals surface area contributed by atoms with E-state index < -0.39 is 5.97 Å². The van der Waals surface area contributed by atoms with Gasteiger partial charge in [-0.3, -0.25) is 4.79 Å². The van der Waals surface area contributed by atoms with Crippen LogP contribution in [0.2, 0.25) is 0 Å². The Morgan fingerprint density at radius 3 is 2.61 bits per heavy atom. The molecular weight excluding hydrogens is 292 g/mol. The summed E-state index contributed by atoms with van der Waals surface area (Å²) in [6, 6.07) is 12.5. The number of aromatic carboxylic acids is 1. The number of hydrogen-bond donors (Lipinski definition) is 3. The number of fused-ring (bicyclic) bond motifs is 2. The third kappa shape index (κ3) is 2.10. The van der Waals surface area contributed by atoms with E-state index in [1.807, 2.05) is 36.4 Å². The van der Waals surface area contributed by atoms with Crippen molar-refractivity contribution < 1.29 is 14.7 Å². The zero-order valence-corrected chi connectivity index (χ0v) is 12.0. The summed E-state index contributed by atoms with van der Waals surface area (Å²) in [5, 5.41) is 15.1. The fraction of sp³-hybridized carbons (Fsp3) is 0. The normalized spacial score (nSPS) is 18.0. The van der Waals surface area contributed by atoms with E-state index in [1.165, 1.54) is 12.1 Å². The summed E-state index contributed by atoms with van der Waals surface area (Å²) in [6.07, 6.45) is 3.81. The molecule has 112 valence electrons. The van der Waals surface area contributed by atoms with Crippen LogP contribution < -0.4 is 10.6 Å². The number of carbonyl (C=O) groups is 2. The van der Waals surface area contributed by atoms with Crippen molar-refractivity contribution in [1.82, 2.24) is 0 Å². The molecule has 0 bridgehead atoms. The number of carboxylic acids is 1. The largest absolute Gasteiger partial charge is 0.478 e. The molecule has 4 rings (SSSR count). The van der Waals surface area contributed by atoms with Gasteiger partial charge in [-0.1, -0.05) is 30.3 Å². The summed E-state index contributed by atoms with van der Waals surface area (Å²) in [7, 11) is 0. The second-order valence-electron chi connectivity index (χ2n) is 5.35. The molecule has 2 aromatic rings. The molecule has 0 unspecified atom stereocenters. The molecule has 5 nitrogen and oxygen atoms in total. The lowest BCUT2D eigenvalue weighted by atomic mass is 10.00. The highest BCUT2D eigenvalue weighted by atomic mass is 16.4. The smallest absolute Gasteiger partial charge is 0.335 e.